The Morgan fingerprint density at radius 2 is 2.20 bits per heavy atom. The number of primary sulfonamides is 1. The average Bonchev–Trinajstić information content (AvgIpc) is 2.11. The van der Waals surface area contributed by atoms with Gasteiger partial charge in [-0.25, -0.2) is 18.5 Å². The molecule has 0 unspecified atom stereocenters. The number of nitrogen functional groups attached to an aromatic ring is 1. The van der Waals surface area contributed by atoms with Gasteiger partial charge >= 0.3 is 0 Å². The van der Waals surface area contributed by atoms with Crippen molar-refractivity contribution in [3.63, 3.8) is 0 Å². The van der Waals surface area contributed by atoms with Crippen molar-refractivity contribution < 1.29 is 8.42 Å². The number of hydrogen-bond acceptors (Lipinski definition) is 5. The first kappa shape index (κ1) is 11.7. The van der Waals surface area contributed by atoms with Gasteiger partial charge in [0.1, 0.15) is 5.82 Å². The number of pyridine rings is 1. The minimum atomic E-state index is -3.37. The van der Waals surface area contributed by atoms with Crippen LogP contribution in [0.4, 0.5) is 11.5 Å². The quantitative estimate of drug-likeness (QED) is 0.604. The van der Waals surface area contributed by atoms with E-state index < -0.39 is 10.0 Å². The van der Waals surface area contributed by atoms with E-state index >= 15 is 0 Å². The molecule has 0 aliphatic carbocycles. The molecule has 0 aliphatic rings. The average molecular weight is 230 g/mol. The first-order valence-electron chi connectivity index (χ1n) is 4.43. The van der Waals surface area contributed by atoms with Crippen molar-refractivity contribution in [2.45, 2.75) is 6.42 Å². The SMILES string of the molecule is Nc1ccnc(NCCCS(N)(=O)=O)c1. The van der Waals surface area contributed by atoms with Crippen LogP contribution in [0.1, 0.15) is 6.42 Å². The van der Waals surface area contributed by atoms with Crippen LogP contribution in [-0.4, -0.2) is 25.7 Å². The predicted molar refractivity (Wildman–Crippen MR) is 59.7 cm³/mol. The van der Waals surface area contributed by atoms with Crippen molar-refractivity contribution >= 4 is 21.5 Å². The van der Waals surface area contributed by atoms with Gasteiger partial charge in [-0.3, -0.25) is 0 Å². The third kappa shape index (κ3) is 5.18. The van der Waals surface area contributed by atoms with E-state index in [1.54, 1.807) is 18.3 Å². The minimum absolute atomic E-state index is 0.0394. The lowest BCUT2D eigenvalue weighted by atomic mass is 10.4. The zero-order chi connectivity index (χ0) is 11.3. The van der Waals surface area contributed by atoms with Crippen LogP contribution in [0.15, 0.2) is 18.3 Å². The zero-order valence-corrected chi connectivity index (χ0v) is 9.00. The standard InChI is InChI=1S/C8H14N4O2S/c9-7-2-4-12-8(6-7)11-3-1-5-15(10,13)14/h2,4,6H,1,3,5H2,(H3,9,11,12)(H2,10,13,14). The van der Waals surface area contributed by atoms with E-state index in [0.29, 0.717) is 24.5 Å². The lowest BCUT2D eigenvalue weighted by Gasteiger charge is -2.04. The van der Waals surface area contributed by atoms with Gasteiger partial charge in [0, 0.05) is 24.5 Å². The molecule has 0 aromatic carbocycles. The topological polar surface area (TPSA) is 111 Å². The molecule has 1 aromatic heterocycles. The van der Waals surface area contributed by atoms with E-state index in [9.17, 15) is 8.42 Å². The summed E-state index contributed by atoms with van der Waals surface area (Å²) in [5.74, 6) is 0.590. The molecular weight excluding hydrogens is 216 g/mol. The fourth-order valence-electron chi connectivity index (χ4n) is 1.03. The summed E-state index contributed by atoms with van der Waals surface area (Å²) in [6.07, 6.45) is 2.02. The van der Waals surface area contributed by atoms with Crippen LogP contribution in [0.3, 0.4) is 0 Å². The lowest BCUT2D eigenvalue weighted by Crippen LogP contribution is -2.18. The fourth-order valence-corrected chi connectivity index (χ4v) is 1.58. The Morgan fingerprint density at radius 1 is 1.47 bits per heavy atom. The first-order chi connectivity index (χ1) is 6.97. The molecular formula is C8H14N4O2S. The van der Waals surface area contributed by atoms with Crippen LogP contribution in [0.25, 0.3) is 0 Å². The van der Waals surface area contributed by atoms with Crippen molar-refractivity contribution in [3.8, 4) is 0 Å². The molecule has 0 aliphatic heterocycles. The van der Waals surface area contributed by atoms with Crippen LogP contribution in [0.2, 0.25) is 0 Å². The van der Waals surface area contributed by atoms with Gasteiger partial charge in [-0.2, -0.15) is 0 Å². The maximum atomic E-state index is 10.6. The number of nitrogens with zero attached hydrogens (tertiary/aromatic N) is 1. The number of aromatic nitrogens is 1. The Bertz CT molecular complexity index is 418. The molecule has 84 valence electrons. The Balaban J connectivity index is 2.32. The Hall–Kier alpha value is -1.34. The summed E-state index contributed by atoms with van der Waals surface area (Å²) < 4.78 is 21.2. The summed E-state index contributed by atoms with van der Waals surface area (Å²) in [4.78, 5) is 4.00. The van der Waals surface area contributed by atoms with Crippen LogP contribution >= 0.6 is 0 Å². The van der Waals surface area contributed by atoms with Crippen LogP contribution in [0, 0.1) is 0 Å². The van der Waals surface area contributed by atoms with Crippen molar-refractivity contribution in [1.29, 1.82) is 0 Å². The number of nitrogens with one attached hydrogen (secondary N) is 1. The van der Waals surface area contributed by atoms with Gasteiger partial charge in [0.2, 0.25) is 10.0 Å². The predicted octanol–water partition coefficient (Wildman–Crippen LogP) is -0.246. The molecule has 1 aromatic rings. The van der Waals surface area contributed by atoms with Gasteiger partial charge in [0.15, 0.2) is 0 Å². The molecule has 0 spiro atoms. The zero-order valence-electron chi connectivity index (χ0n) is 8.18. The van der Waals surface area contributed by atoms with E-state index in [4.69, 9.17) is 10.9 Å². The number of sulfonamides is 1. The summed E-state index contributed by atoms with van der Waals surface area (Å²) >= 11 is 0. The van der Waals surface area contributed by atoms with Crippen LogP contribution < -0.4 is 16.2 Å². The van der Waals surface area contributed by atoms with Crippen molar-refractivity contribution in [3.05, 3.63) is 18.3 Å². The number of nitrogens with two attached hydrogens (primary N) is 2. The lowest BCUT2D eigenvalue weighted by molar-refractivity contribution is 0.595. The molecule has 5 N–H and O–H groups in total. The monoisotopic (exact) mass is 230 g/mol. The molecule has 0 fully saturated rings. The molecule has 7 heteroatoms. The highest BCUT2D eigenvalue weighted by atomic mass is 32.2. The second-order valence-electron chi connectivity index (χ2n) is 3.12. The molecule has 1 heterocycles. The van der Waals surface area contributed by atoms with E-state index in [-0.39, 0.29) is 5.75 Å². The maximum absolute atomic E-state index is 10.6. The summed E-state index contributed by atoms with van der Waals surface area (Å²) in [6, 6.07) is 3.35. The third-order valence-electron chi connectivity index (χ3n) is 1.70. The van der Waals surface area contributed by atoms with Crippen LogP contribution in [0.5, 0.6) is 0 Å². The highest BCUT2D eigenvalue weighted by Crippen LogP contribution is 2.07. The molecule has 0 amide bonds. The largest absolute Gasteiger partial charge is 0.399 e. The third-order valence-corrected chi connectivity index (χ3v) is 2.55. The molecule has 15 heavy (non-hydrogen) atoms. The van der Waals surface area contributed by atoms with Gasteiger partial charge in [0.25, 0.3) is 0 Å². The molecule has 1 rings (SSSR count). The summed E-state index contributed by atoms with van der Waals surface area (Å²) in [5, 5.41) is 7.79. The first-order valence-corrected chi connectivity index (χ1v) is 6.15. The molecule has 0 radical (unpaired) electrons. The number of anilines is 2. The summed E-state index contributed by atoms with van der Waals surface area (Å²) in [5.41, 5.74) is 6.15. The van der Waals surface area contributed by atoms with Gasteiger partial charge < -0.3 is 11.1 Å². The fraction of sp³-hybridized carbons (Fsp3) is 0.375. The van der Waals surface area contributed by atoms with E-state index in [0.717, 1.165) is 0 Å². The number of rotatable bonds is 5. The Kier molecular flexibility index (Phi) is 3.87. The summed E-state index contributed by atoms with van der Waals surface area (Å²) in [6.45, 7) is 0.493. The van der Waals surface area contributed by atoms with E-state index in [2.05, 4.69) is 10.3 Å². The highest BCUT2D eigenvalue weighted by Gasteiger charge is 2.01. The second kappa shape index (κ2) is 4.94. The Morgan fingerprint density at radius 3 is 2.80 bits per heavy atom. The van der Waals surface area contributed by atoms with Gasteiger partial charge in [-0.15, -0.1) is 0 Å². The van der Waals surface area contributed by atoms with Gasteiger partial charge in [-0.1, -0.05) is 0 Å². The molecule has 0 saturated carbocycles. The maximum Gasteiger partial charge on any atom is 0.209 e. The number of hydrogen-bond donors (Lipinski definition) is 3. The Labute approximate surface area is 88.7 Å². The van der Waals surface area contributed by atoms with E-state index in [1.807, 2.05) is 0 Å². The van der Waals surface area contributed by atoms with E-state index in [1.165, 1.54) is 0 Å². The van der Waals surface area contributed by atoms with Crippen LogP contribution in [-0.2, 0) is 10.0 Å². The minimum Gasteiger partial charge on any atom is -0.399 e. The molecule has 0 atom stereocenters. The van der Waals surface area contributed by atoms with Gasteiger partial charge in [0.05, 0.1) is 5.75 Å². The van der Waals surface area contributed by atoms with Crippen molar-refractivity contribution in [2.24, 2.45) is 5.14 Å². The van der Waals surface area contributed by atoms with Crippen molar-refractivity contribution in [1.82, 2.24) is 4.98 Å². The smallest absolute Gasteiger partial charge is 0.209 e. The van der Waals surface area contributed by atoms with Crippen molar-refractivity contribution in [2.75, 3.05) is 23.3 Å². The second-order valence-corrected chi connectivity index (χ2v) is 4.86. The van der Waals surface area contributed by atoms with Gasteiger partial charge in [-0.05, 0) is 12.5 Å². The molecule has 6 nitrogen and oxygen atoms in total. The molecule has 0 bridgehead atoms. The normalized spacial score (nSPS) is 11.3. The highest BCUT2D eigenvalue weighted by molar-refractivity contribution is 7.89. The molecule has 0 saturated heterocycles. The summed E-state index contributed by atoms with van der Waals surface area (Å²) in [7, 11) is -3.37.